The van der Waals surface area contributed by atoms with Crippen molar-refractivity contribution in [1.82, 2.24) is 0 Å². The summed E-state index contributed by atoms with van der Waals surface area (Å²) in [4.78, 5) is 11.1. The first-order valence-electron chi connectivity index (χ1n) is 7.11. The molecule has 5 nitrogen and oxygen atoms in total. The fourth-order valence-electron chi connectivity index (χ4n) is 2.55. The van der Waals surface area contributed by atoms with Gasteiger partial charge in [0, 0.05) is 0 Å². The minimum atomic E-state index is -0.915. The first-order chi connectivity index (χ1) is 11.0. The van der Waals surface area contributed by atoms with Gasteiger partial charge in [-0.15, -0.1) is 0 Å². The Morgan fingerprint density at radius 3 is 2.00 bits per heavy atom. The van der Waals surface area contributed by atoms with Gasteiger partial charge in [0.2, 0.25) is 5.75 Å². The molecule has 0 aliphatic heterocycles. The second-order valence-corrected chi connectivity index (χ2v) is 5.16. The van der Waals surface area contributed by atoms with E-state index in [9.17, 15) is 4.79 Å². The van der Waals surface area contributed by atoms with Gasteiger partial charge in [-0.05, 0) is 48.2 Å². The molecule has 0 atom stereocenters. The number of carboxylic acid groups (broad SMARTS) is 1. The van der Waals surface area contributed by atoms with Crippen LogP contribution in [0.3, 0.4) is 0 Å². The van der Waals surface area contributed by atoms with Crippen LogP contribution in [0, 0.1) is 6.92 Å². The SMILES string of the molecule is COc1cc(Cc2ccc(C(=O)O)c(C)c2)cc(OC)c1OC. The molecule has 0 radical (unpaired) electrons. The van der Waals surface area contributed by atoms with Crippen LogP contribution < -0.4 is 14.2 Å². The highest BCUT2D eigenvalue weighted by atomic mass is 16.5. The van der Waals surface area contributed by atoms with Gasteiger partial charge in [0.05, 0.1) is 26.9 Å². The average Bonchev–Trinajstić information content (AvgIpc) is 2.53. The number of aromatic carboxylic acids is 1. The summed E-state index contributed by atoms with van der Waals surface area (Å²) >= 11 is 0. The second kappa shape index (κ2) is 7.05. The maximum Gasteiger partial charge on any atom is 0.335 e. The van der Waals surface area contributed by atoms with E-state index in [-0.39, 0.29) is 0 Å². The molecular formula is C18H20O5. The summed E-state index contributed by atoms with van der Waals surface area (Å²) in [7, 11) is 4.72. The molecule has 0 aliphatic carbocycles. The zero-order chi connectivity index (χ0) is 17.0. The largest absolute Gasteiger partial charge is 0.493 e. The predicted molar refractivity (Wildman–Crippen MR) is 87.0 cm³/mol. The summed E-state index contributed by atoms with van der Waals surface area (Å²) in [6.45, 7) is 1.79. The summed E-state index contributed by atoms with van der Waals surface area (Å²) in [6, 6.07) is 9.11. The van der Waals surface area contributed by atoms with Gasteiger partial charge >= 0.3 is 5.97 Å². The Morgan fingerprint density at radius 1 is 0.957 bits per heavy atom. The lowest BCUT2D eigenvalue weighted by Crippen LogP contribution is -2.01. The fourth-order valence-corrected chi connectivity index (χ4v) is 2.55. The highest BCUT2D eigenvalue weighted by Crippen LogP contribution is 2.38. The number of carboxylic acids is 1. The summed E-state index contributed by atoms with van der Waals surface area (Å²) in [5.41, 5.74) is 3.06. The lowest BCUT2D eigenvalue weighted by Gasteiger charge is -2.14. The zero-order valence-electron chi connectivity index (χ0n) is 13.7. The molecule has 0 heterocycles. The van der Waals surface area contributed by atoms with Gasteiger partial charge < -0.3 is 19.3 Å². The molecule has 23 heavy (non-hydrogen) atoms. The molecule has 0 unspecified atom stereocenters. The third kappa shape index (κ3) is 3.56. The standard InChI is InChI=1S/C18H20O5/c1-11-7-12(5-6-14(11)18(19)20)8-13-9-15(21-2)17(23-4)16(10-13)22-3/h5-7,9-10H,8H2,1-4H3,(H,19,20). The van der Waals surface area contributed by atoms with Crippen molar-refractivity contribution >= 4 is 5.97 Å². The zero-order valence-corrected chi connectivity index (χ0v) is 13.7. The molecule has 5 heteroatoms. The van der Waals surface area contributed by atoms with Crippen LogP contribution in [0.15, 0.2) is 30.3 Å². The summed E-state index contributed by atoms with van der Waals surface area (Å²) < 4.78 is 16.0. The van der Waals surface area contributed by atoms with Crippen molar-refractivity contribution in [3.63, 3.8) is 0 Å². The molecule has 2 aromatic carbocycles. The topological polar surface area (TPSA) is 65.0 Å². The molecule has 1 N–H and O–H groups in total. The monoisotopic (exact) mass is 316 g/mol. The minimum absolute atomic E-state index is 0.318. The van der Waals surface area contributed by atoms with Gasteiger partial charge in [0.15, 0.2) is 11.5 Å². The Balaban J connectivity index is 2.36. The maximum atomic E-state index is 11.1. The van der Waals surface area contributed by atoms with E-state index in [2.05, 4.69) is 0 Å². The van der Waals surface area contributed by atoms with E-state index >= 15 is 0 Å². The summed E-state index contributed by atoms with van der Waals surface area (Å²) in [5.74, 6) is 0.833. The number of hydrogen-bond acceptors (Lipinski definition) is 4. The van der Waals surface area contributed by atoms with Gasteiger partial charge in [0.25, 0.3) is 0 Å². The van der Waals surface area contributed by atoms with Gasteiger partial charge in [0.1, 0.15) is 0 Å². The van der Waals surface area contributed by atoms with Crippen LogP contribution in [-0.4, -0.2) is 32.4 Å². The number of carbonyl (C=O) groups is 1. The number of aryl methyl sites for hydroxylation is 1. The van der Waals surface area contributed by atoms with E-state index in [4.69, 9.17) is 19.3 Å². The van der Waals surface area contributed by atoms with E-state index < -0.39 is 5.97 Å². The van der Waals surface area contributed by atoms with Gasteiger partial charge in [-0.25, -0.2) is 4.79 Å². The summed E-state index contributed by atoms with van der Waals surface area (Å²) in [6.07, 6.45) is 0.636. The van der Waals surface area contributed by atoms with Gasteiger partial charge in [-0.3, -0.25) is 0 Å². The molecule has 122 valence electrons. The summed E-state index contributed by atoms with van der Waals surface area (Å²) in [5, 5.41) is 9.09. The molecule has 0 saturated carbocycles. The average molecular weight is 316 g/mol. The fraction of sp³-hybridized carbons (Fsp3) is 0.278. The third-order valence-corrected chi connectivity index (χ3v) is 3.65. The number of methoxy groups -OCH3 is 3. The smallest absolute Gasteiger partial charge is 0.335 e. The Morgan fingerprint density at radius 2 is 1.57 bits per heavy atom. The van der Waals surface area contributed by atoms with Crippen molar-refractivity contribution in [2.24, 2.45) is 0 Å². The highest BCUT2D eigenvalue weighted by Gasteiger charge is 2.14. The highest BCUT2D eigenvalue weighted by molar-refractivity contribution is 5.89. The van der Waals surface area contributed by atoms with E-state index in [1.165, 1.54) is 0 Å². The molecule has 2 rings (SSSR count). The van der Waals surface area contributed by atoms with Crippen LogP contribution in [0.1, 0.15) is 27.0 Å². The Labute approximate surface area is 135 Å². The van der Waals surface area contributed by atoms with Crippen molar-refractivity contribution < 1.29 is 24.1 Å². The number of ether oxygens (including phenoxy) is 3. The molecule has 0 aromatic heterocycles. The molecule has 0 bridgehead atoms. The predicted octanol–water partition coefficient (Wildman–Crippen LogP) is 3.31. The van der Waals surface area contributed by atoms with Crippen LogP contribution in [0.2, 0.25) is 0 Å². The van der Waals surface area contributed by atoms with Crippen molar-refractivity contribution in [3.8, 4) is 17.2 Å². The molecular weight excluding hydrogens is 296 g/mol. The molecule has 2 aromatic rings. The molecule has 0 saturated heterocycles. The molecule has 0 aliphatic rings. The normalized spacial score (nSPS) is 10.3. The number of benzene rings is 2. The van der Waals surface area contributed by atoms with Crippen LogP contribution in [0.4, 0.5) is 0 Å². The van der Waals surface area contributed by atoms with Gasteiger partial charge in [-0.2, -0.15) is 0 Å². The van der Waals surface area contributed by atoms with Crippen molar-refractivity contribution in [3.05, 3.63) is 52.6 Å². The Kier molecular flexibility index (Phi) is 5.11. The van der Waals surface area contributed by atoms with Crippen molar-refractivity contribution in [1.29, 1.82) is 0 Å². The van der Waals surface area contributed by atoms with Crippen LogP contribution in [0.5, 0.6) is 17.2 Å². The van der Waals surface area contributed by atoms with Crippen molar-refractivity contribution in [2.75, 3.05) is 21.3 Å². The Bertz CT molecular complexity index is 696. The van der Waals surface area contributed by atoms with Crippen LogP contribution >= 0.6 is 0 Å². The van der Waals surface area contributed by atoms with E-state index in [1.807, 2.05) is 24.3 Å². The minimum Gasteiger partial charge on any atom is -0.493 e. The molecule has 0 fully saturated rings. The van der Waals surface area contributed by atoms with E-state index in [0.29, 0.717) is 29.2 Å². The first-order valence-corrected chi connectivity index (χ1v) is 7.11. The van der Waals surface area contributed by atoms with E-state index in [0.717, 1.165) is 16.7 Å². The quantitative estimate of drug-likeness (QED) is 0.885. The van der Waals surface area contributed by atoms with Crippen LogP contribution in [-0.2, 0) is 6.42 Å². The number of rotatable bonds is 6. The molecule has 0 spiro atoms. The van der Waals surface area contributed by atoms with E-state index in [1.54, 1.807) is 34.3 Å². The number of hydrogen-bond donors (Lipinski definition) is 1. The second-order valence-electron chi connectivity index (χ2n) is 5.16. The third-order valence-electron chi connectivity index (χ3n) is 3.65. The van der Waals surface area contributed by atoms with Crippen LogP contribution in [0.25, 0.3) is 0 Å². The Hall–Kier alpha value is -2.69. The van der Waals surface area contributed by atoms with Crippen molar-refractivity contribution in [2.45, 2.75) is 13.3 Å². The molecule has 0 amide bonds. The lowest BCUT2D eigenvalue weighted by atomic mass is 9.99. The first kappa shape index (κ1) is 16.7. The van der Waals surface area contributed by atoms with Gasteiger partial charge in [-0.1, -0.05) is 12.1 Å². The maximum absolute atomic E-state index is 11.1. The lowest BCUT2D eigenvalue weighted by molar-refractivity contribution is 0.0696.